The largest absolute Gasteiger partial charge is 0.352 e. The molecule has 1 saturated heterocycles. The second-order valence-corrected chi connectivity index (χ2v) is 7.50. The van der Waals surface area contributed by atoms with Gasteiger partial charge >= 0.3 is 0 Å². The van der Waals surface area contributed by atoms with Gasteiger partial charge in [0.25, 0.3) is 0 Å². The Kier molecular flexibility index (Phi) is 4.47. The summed E-state index contributed by atoms with van der Waals surface area (Å²) in [5, 5.41) is 10.8. The van der Waals surface area contributed by atoms with E-state index < -0.39 is 0 Å². The van der Waals surface area contributed by atoms with Crippen molar-refractivity contribution in [2.24, 2.45) is 5.92 Å². The average molecular weight is 342 g/mol. The molecule has 3 heterocycles. The fourth-order valence-electron chi connectivity index (χ4n) is 3.64. The van der Waals surface area contributed by atoms with E-state index in [4.69, 9.17) is 0 Å². The molecule has 0 spiro atoms. The van der Waals surface area contributed by atoms with Crippen molar-refractivity contribution in [3.63, 3.8) is 0 Å². The third-order valence-electron chi connectivity index (χ3n) is 5.04. The molecule has 6 heteroatoms. The zero-order chi connectivity index (χ0) is 16.4. The van der Waals surface area contributed by atoms with Crippen LogP contribution in [0.15, 0.2) is 29.6 Å². The molecular weight excluding hydrogens is 320 g/mol. The summed E-state index contributed by atoms with van der Waals surface area (Å²) in [6, 6.07) is 8.15. The highest BCUT2D eigenvalue weighted by molar-refractivity contribution is 7.13. The molecule has 0 bridgehead atoms. The predicted molar refractivity (Wildman–Crippen MR) is 96.1 cm³/mol. The number of piperazine rings is 1. The highest BCUT2D eigenvalue weighted by Crippen LogP contribution is 2.27. The summed E-state index contributed by atoms with van der Waals surface area (Å²) in [7, 11) is 0. The van der Waals surface area contributed by atoms with Gasteiger partial charge in [0.05, 0.1) is 4.88 Å². The minimum absolute atomic E-state index is 0.279. The Balaban J connectivity index is 1.36. The van der Waals surface area contributed by atoms with Crippen LogP contribution in [0.3, 0.4) is 0 Å². The number of hydrogen-bond donors (Lipinski definition) is 0. The Morgan fingerprint density at radius 1 is 1.04 bits per heavy atom. The van der Waals surface area contributed by atoms with Gasteiger partial charge in [-0.2, -0.15) is 0 Å². The first-order valence-electron chi connectivity index (χ1n) is 8.72. The second-order valence-electron chi connectivity index (χ2n) is 6.55. The van der Waals surface area contributed by atoms with Gasteiger partial charge in [0.2, 0.25) is 5.91 Å². The van der Waals surface area contributed by atoms with Gasteiger partial charge in [0.15, 0.2) is 5.82 Å². The Bertz CT molecular complexity index is 672. The van der Waals surface area contributed by atoms with E-state index in [0.29, 0.717) is 5.91 Å². The van der Waals surface area contributed by atoms with E-state index in [-0.39, 0.29) is 5.92 Å². The summed E-state index contributed by atoms with van der Waals surface area (Å²) in [6.07, 6.45) is 4.58. The molecule has 0 radical (unpaired) electrons. The zero-order valence-electron chi connectivity index (χ0n) is 13.7. The Morgan fingerprint density at radius 3 is 2.46 bits per heavy atom. The monoisotopic (exact) mass is 342 g/mol. The first-order chi connectivity index (χ1) is 11.8. The lowest BCUT2D eigenvalue weighted by Gasteiger charge is -2.36. The maximum absolute atomic E-state index is 12.5. The highest BCUT2D eigenvalue weighted by atomic mass is 32.1. The van der Waals surface area contributed by atoms with E-state index >= 15 is 0 Å². The molecule has 0 N–H and O–H groups in total. The van der Waals surface area contributed by atoms with Gasteiger partial charge in [0.1, 0.15) is 5.69 Å². The summed E-state index contributed by atoms with van der Waals surface area (Å²) in [5.41, 5.74) is 0.920. The van der Waals surface area contributed by atoms with Crippen LogP contribution in [0.2, 0.25) is 0 Å². The van der Waals surface area contributed by atoms with Crippen molar-refractivity contribution >= 4 is 23.1 Å². The van der Waals surface area contributed by atoms with Gasteiger partial charge in [0, 0.05) is 32.1 Å². The van der Waals surface area contributed by atoms with Crippen LogP contribution in [0.1, 0.15) is 25.7 Å². The van der Waals surface area contributed by atoms with Crippen molar-refractivity contribution in [3.05, 3.63) is 29.6 Å². The summed E-state index contributed by atoms with van der Waals surface area (Å²) in [4.78, 5) is 17.9. The van der Waals surface area contributed by atoms with Crippen molar-refractivity contribution in [3.8, 4) is 10.6 Å². The molecule has 2 aromatic rings. The first-order valence-corrected chi connectivity index (χ1v) is 9.60. The Labute approximate surface area is 146 Å². The summed E-state index contributed by atoms with van der Waals surface area (Å²) >= 11 is 1.67. The Morgan fingerprint density at radius 2 is 1.83 bits per heavy atom. The average Bonchev–Trinajstić information content (AvgIpc) is 3.35. The lowest BCUT2D eigenvalue weighted by Crippen LogP contribution is -2.50. The van der Waals surface area contributed by atoms with Gasteiger partial charge in [-0.25, -0.2) is 0 Å². The van der Waals surface area contributed by atoms with Gasteiger partial charge in [-0.3, -0.25) is 4.79 Å². The van der Waals surface area contributed by atoms with Crippen molar-refractivity contribution in [1.82, 2.24) is 15.1 Å². The van der Waals surface area contributed by atoms with Crippen LogP contribution < -0.4 is 4.90 Å². The maximum atomic E-state index is 12.5. The topological polar surface area (TPSA) is 49.3 Å². The molecule has 5 nitrogen and oxygen atoms in total. The van der Waals surface area contributed by atoms with Gasteiger partial charge in [-0.1, -0.05) is 18.9 Å². The molecule has 4 rings (SSSR count). The molecule has 2 fully saturated rings. The quantitative estimate of drug-likeness (QED) is 0.860. The van der Waals surface area contributed by atoms with Crippen molar-refractivity contribution < 1.29 is 4.79 Å². The number of carbonyl (C=O) groups is 1. The van der Waals surface area contributed by atoms with E-state index in [0.717, 1.165) is 55.4 Å². The third kappa shape index (κ3) is 3.15. The van der Waals surface area contributed by atoms with Crippen LogP contribution >= 0.6 is 11.3 Å². The second kappa shape index (κ2) is 6.89. The van der Waals surface area contributed by atoms with E-state index in [2.05, 4.69) is 21.2 Å². The number of aromatic nitrogens is 2. The molecule has 24 heavy (non-hydrogen) atoms. The maximum Gasteiger partial charge on any atom is 0.225 e. The molecule has 0 atom stereocenters. The van der Waals surface area contributed by atoms with Crippen LogP contribution in [0.25, 0.3) is 10.6 Å². The number of hydrogen-bond acceptors (Lipinski definition) is 5. The smallest absolute Gasteiger partial charge is 0.225 e. The molecule has 1 amide bonds. The lowest BCUT2D eigenvalue weighted by atomic mass is 10.1. The molecular formula is C18H22N4OS. The van der Waals surface area contributed by atoms with E-state index in [9.17, 15) is 4.79 Å². The van der Waals surface area contributed by atoms with Gasteiger partial charge < -0.3 is 9.80 Å². The lowest BCUT2D eigenvalue weighted by molar-refractivity contribution is -0.135. The number of anilines is 1. The van der Waals surface area contributed by atoms with Crippen LogP contribution in [0.5, 0.6) is 0 Å². The van der Waals surface area contributed by atoms with E-state index in [1.54, 1.807) is 11.3 Å². The normalized spacial score (nSPS) is 19.0. The Hall–Kier alpha value is -1.95. The molecule has 1 aliphatic carbocycles. The van der Waals surface area contributed by atoms with Gasteiger partial charge in [-0.05, 0) is 36.4 Å². The predicted octanol–water partition coefficient (Wildman–Crippen LogP) is 3.04. The van der Waals surface area contributed by atoms with Crippen molar-refractivity contribution in [2.75, 3.05) is 31.1 Å². The minimum Gasteiger partial charge on any atom is -0.352 e. The first kappa shape index (κ1) is 15.6. The van der Waals surface area contributed by atoms with Crippen molar-refractivity contribution in [1.29, 1.82) is 0 Å². The molecule has 126 valence electrons. The molecule has 0 unspecified atom stereocenters. The standard InChI is InChI=1S/C18H22N4OS/c23-18(14-4-1-2-5-14)22-11-9-21(10-12-22)17-8-7-15(19-20-17)16-6-3-13-24-16/h3,6-8,13-14H,1-2,4-5,9-12H2. The fourth-order valence-corrected chi connectivity index (χ4v) is 4.33. The van der Waals surface area contributed by atoms with Crippen LogP contribution in [0.4, 0.5) is 5.82 Å². The summed E-state index contributed by atoms with van der Waals surface area (Å²) in [5.74, 6) is 1.55. The molecule has 2 aliphatic rings. The number of carbonyl (C=O) groups excluding carboxylic acids is 1. The number of thiophene rings is 1. The molecule has 1 saturated carbocycles. The molecule has 2 aromatic heterocycles. The highest BCUT2D eigenvalue weighted by Gasteiger charge is 2.29. The van der Waals surface area contributed by atoms with Crippen LogP contribution in [0, 0.1) is 5.92 Å². The van der Waals surface area contributed by atoms with Gasteiger partial charge in [-0.15, -0.1) is 21.5 Å². The zero-order valence-corrected chi connectivity index (χ0v) is 14.5. The SMILES string of the molecule is O=C(C1CCCC1)N1CCN(c2ccc(-c3cccs3)nn2)CC1. The van der Waals surface area contributed by atoms with E-state index in [1.165, 1.54) is 12.8 Å². The summed E-state index contributed by atoms with van der Waals surface area (Å²) in [6.45, 7) is 3.27. The van der Waals surface area contributed by atoms with E-state index in [1.807, 2.05) is 28.5 Å². The number of amides is 1. The minimum atomic E-state index is 0.279. The third-order valence-corrected chi connectivity index (χ3v) is 5.94. The van der Waals surface area contributed by atoms with Crippen molar-refractivity contribution in [2.45, 2.75) is 25.7 Å². The van der Waals surface area contributed by atoms with Crippen LogP contribution in [-0.2, 0) is 4.79 Å². The number of nitrogens with zero attached hydrogens (tertiary/aromatic N) is 4. The summed E-state index contributed by atoms with van der Waals surface area (Å²) < 4.78 is 0. The fraction of sp³-hybridized carbons (Fsp3) is 0.500. The van der Waals surface area contributed by atoms with Crippen LogP contribution in [-0.4, -0.2) is 47.2 Å². The molecule has 0 aromatic carbocycles. The molecule has 1 aliphatic heterocycles. The number of rotatable bonds is 3.